The van der Waals surface area contributed by atoms with Gasteiger partial charge in [0, 0.05) is 25.0 Å². The van der Waals surface area contributed by atoms with Crippen LogP contribution in [0.5, 0.6) is 5.75 Å². The Kier molecular flexibility index (Phi) is 4.77. The van der Waals surface area contributed by atoms with E-state index >= 15 is 0 Å². The molecule has 0 saturated carbocycles. The Balaban J connectivity index is 2.23. The van der Waals surface area contributed by atoms with Gasteiger partial charge < -0.3 is 9.64 Å². The number of aryl methyl sites for hydroxylation is 1. The molecule has 1 amide bonds. The number of likely N-dealkylation sites (tertiary alicyclic amines) is 1. The van der Waals surface area contributed by atoms with Crippen LogP contribution in [0, 0.1) is 6.92 Å². The second-order valence-electron chi connectivity index (χ2n) is 5.82. The summed E-state index contributed by atoms with van der Waals surface area (Å²) in [7, 11) is -2.30. The third kappa shape index (κ3) is 3.41. The molecule has 22 heavy (non-hydrogen) atoms. The summed E-state index contributed by atoms with van der Waals surface area (Å²) in [6, 6.07) is 4.64. The van der Waals surface area contributed by atoms with Gasteiger partial charge in [-0.2, -0.15) is 0 Å². The molecule has 6 nitrogen and oxygen atoms in total. The smallest absolute Gasteiger partial charge is 0.244 e. The monoisotopic (exact) mass is 326 g/mol. The Morgan fingerprint density at radius 1 is 1.36 bits per heavy atom. The van der Waals surface area contributed by atoms with Crippen molar-refractivity contribution in [3.05, 3.63) is 23.8 Å². The van der Waals surface area contributed by atoms with Crippen LogP contribution >= 0.6 is 0 Å². The molecule has 1 saturated heterocycles. The number of amides is 1. The standard InChI is InChI=1S/C15H22N2O4S/c1-10(2)17-9-12(8-15(17)18)16-22(19,20)14-7-11(3)5-6-13(14)21-4/h5-7,10,12,16H,8-9H2,1-4H3. The van der Waals surface area contributed by atoms with Crippen LogP contribution in [-0.4, -0.2) is 45.0 Å². The number of carbonyl (C=O) groups excluding carboxylic acids is 1. The third-order valence-electron chi connectivity index (χ3n) is 3.71. The number of ether oxygens (including phenoxy) is 1. The zero-order valence-corrected chi connectivity index (χ0v) is 14.1. The molecule has 0 aliphatic carbocycles. The Labute approximate surface area is 131 Å². The average Bonchev–Trinajstić information content (AvgIpc) is 2.79. The summed E-state index contributed by atoms with van der Waals surface area (Å²) in [6.45, 7) is 6.04. The van der Waals surface area contributed by atoms with Crippen LogP contribution in [-0.2, 0) is 14.8 Å². The molecule has 0 radical (unpaired) electrons. The lowest BCUT2D eigenvalue weighted by atomic mass is 10.2. The van der Waals surface area contributed by atoms with Crippen LogP contribution in [0.2, 0.25) is 0 Å². The number of nitrogens with zero attached hydrogens (tertiary/aromatic N) is 1. The van der Waals surface area contributed by atoms with Crippen LogP contribution < -0.4 is 9.46 Å². The molecule has 1 fully saturated rings. The van der Waals surface area contributed by atoms with Gasteiger partial charge in [0.15, 0.2) is 0 Å². The Morgan fingerprint density at radius 3 is 2.59 bits per heavy atom. The first-order valence-electron chi connectivity index (χ1n) is 7.21. The van der Waals surface area contributed by atoms with E-state index in [4.69, 9.17) is 4.74 Å². The maximum absolute atomic E-state index is 12.6. The van der Waals surface area contributed by atoms with Gasteiger partial charge in [-0.05, 0) is 38.5 Å². The minimum Gasteiger partial charge on any atom is -0.495 e. The second kappa shape index (κ2) is 6.26. The van der Waals surface area contributed by atoms with Crippen LogP contribution in [0.25, 0.3) is 0 Å². The van der Waals surface area contributed by atoms with E-state index in [0.29, 0.717) is 12.3 Å². The number of hydrogen-bond acceptors (Lipinski definition) is 4. The second-order valence-corrected chi connectivity index (χ2v) is 7.50. The Hall–Kier alpha value is -1.60. The van der Waals surface area contributed by atoms with Crippen LogP contribution in [0.3, 0.4) is 0 Å². The van der Waals surface area contributed by atoms with E-state index in [0.717, 1.165) is 5.56 Å². The van der Waals surface area contributed by atoms with Gasteiger partial charge in [-0.1, -0.05) is 6.07 Å². The lowest BCUT2D eigenvalue weighted by Crippen LogP contribution is -2.39. The van der Waals surface area contributed by atoms with Crippen molar-refractivity contribution in [2.45, 2.75) is 44.2 Å². The average molecular weight is 326 g/mol. The van der Waals surface area contributed by atoms with Gasteiger partial charge in [-0.25, -0.2) is 13.1 Å². The van der Waals surface area contributed by atoms with Crippen molar-refractivity contribution >= 4 is 15.9 Å². The van der Waals surface area contributed by atoms with Crippen molar-refractivity contribution in [2.24, 2.45) is 0 Å². The molecule has 7 heteroatoms. The van der Waals surface area contributed by atoms with Gasteiger partial charge in [0.25, 0.3) is 0 Å². The molecule has 1 atom stereocenters. The minimum absolute atomic E-state index is 0.0288. The fourth-order valence-electron chi connectivity index (χ4n) is 2.59. The maximum Gasteiger partial charge on any atom is 0.244 e. The van der Waals surface area contributed by atoms with Crippen molar-refractivity contribution in [3.63, 3.8) is 0 Å². The normalized spacial score (nSPS) is 19.0. The molecule has 1 N–H and O–H groups in total. The fourth-order valence-corrected chi connectivity index (χ4v) is 4.07. The third-order valence-corrected chi connectivity index (χ3v) is 5.25. The van der Waals surface area contributed by atoms with E-state index in [1.807, 2.05) is 20.8 Å². The molecular weight excluding hydrogens is 304 g/mol. The summed E-state index contributed by atoms with van der Waals surface area (Å²) in [5, 5.41) is 0. The number of rotatable bonds is 5. The van der Waals surface area contributed by atoms with Crippen molar-refractivity contribution in [3.8, 4) is 5.75 Å². The summed E-state index contributed by atoms with van der Waals surface area (Å²) >= 11 is 0. The number of hydrogen-bond donors (Lipinski definition) is 1. The maximum atomic E-state index is 12.6. The van der Waals surface area contributed by atoms with E-state index in [2.05, 4.69) is 4.72 Å². The van der Waals surface area contributed by atoms with Crippen molar-refractivity contribution in [2.75, 3.05) is 13.7 Å². The highest BCUT2D eigenvalue weighted by molar-refractivity contribution is 7.89. The van der Waals surface area contributed by atoms with Gasteiger partial charge in [0.2, 0.25) is 15.9 Å². The largest absolute Gasteiger partial charge is 0.495 e. The lowest BCUT2D eigenvalue weighted by Gasteiger charge is -2.21. The molecule has 1 aliphatic heterocycles. The SMILES string of the molecule is COc1ccc(C)cc1S(=O)(=O)NC1CC(=O)N(C(C)C)C1. The van der Waals surface area contributed by atoms with Gasteiger partial charge in [-0.15, -0.1) is 0 Å². The summed E-state index contributed by atoms with van der Waals surface area (Å²) in [6.07, 6.45) is 0.186. The first-order chi connectivity index (χ1) is 10.2. The van der Waals surface area contributed by atoms with E-state index in [9.17, 15) is 13.2 Å². The van der Waals surface area contributed by atoms with E-state index in [-0.39, 0.29) is 23.3 Å². The zero-order chi connectivity index (χ0) is 16.5. The number of carbonyl (C=O) groups is 1. The molecule has 1 aromatic rings. The molecule has 1 aliphatic rings. The fraction of sp³-hybridized carbons (Fsp3) is 0.533. The number of sulfonamides is 1. The summed E-state index contributed by atoms with van der Waals surface area (Å²) in [5.74, 6) is 0.266. The van der Waals surface area contributed by atoms with E-state index in [1.165, 1.54) is 7.11 Å². The molecule has 1 heterocycles. The zero-order valence-electron chi connectivity index (χ0n) is 13.3. The molecule has 1 aromatic carbocycles. The summed E-state index contributed by atoms with van der Waals surface area (Å²) in [5.41, 5.74) is 0.826. The van der Waals surface area contributed by atoms with Gasteiger partial charge in [0.05, 0.1) is 7.11 Å². The highest BCUT2D eigenvalue weighted by atomic mass is 32.2. The molecule has 0 spiro atoms. The van der Waals surface area contributed by atoms with Crippen LogP contribution in [0.4, 0.5) is 0 Å². The molecule has 122 valence electrons. The summed E-state index contributed by atoms with van der Waals surface area (Å²) in [4.78, 5) is 13.7. The Morgan fingerprint density at radius 2 is 2.05 bits per heavy atom. The highest BCUT2D eigenvalue weighted by Crippen LogP contribution is 2.26. The first-order valence-corrected chi connectivity index (χ1v) is 8.69. The highest BCUT2D eigenvalue weighted by Gasteiger charge is 2.34. The van der Waals surface area contributed by atoms with Crippen LogP contribution in [0.15, 0.2) is 23.1 Å². The van der Waals surface area contributed by atoms with Gasteiger partial charge >= 0.3 is 0 Å². The molecule has 0 aromatic heterocycles. The number of benzene rings is 1. The van der Waals surface area contributed by atoms with Crippen LogP contribution in [0.1, 0.15) is 25.8 Å². The van der Waals surface area contributed by atoms with Crippen molar-refractivity contribution < 1.29 is 17.9 Å². The Bertz CT molecular complexity index is 670. The van der Waals surface area contributed by atoms with E-state index in [1.54, 1.807) is 23.1 Å². The minimum atomic E-state index is -3.74. The predicted molar refractivity (Wildman–Crippen MR) is 83.3 cm³/mol. The predicted octanol–water partition coefficient (Wildman–Crippen LogP) is 1.29. The van der Waals surface area contributed by atoms with Gasteiger partial charge in [0.1, 0.15) is 10.6 Å². The lowest BCUT2D eigenvalue weighted by molar-refractivity contribution is -0.129. The number of methoxy groups -OCH3 is 1. The number of nitrogens with one attached hydrogen (secondary N) is 1. The topological polar surface area (TPSA) is 75.7 Å². The van der Waals surface area contributed by atoms with Crippen molar-refractivity contribution in [1.82, 2.24) is 9.62 Å². The first kappa shape index (κ1) is 16.8. The molecular formula is C15H22N2O4S. The molecule has 1 unspecified atom stereocenters. The van der Waals surface area contributed by atoms with Gasteiger partial charge in [-0.3, -0.25) is 4.79 Å². The molecule has 2 rings (SSSR count). The van der Waals surface area contributed by atoms with E-state index < -0.39 is 16.1 Å². The quantitative estimate of drug-likeness (QED) is 0.885. The molecule has 0 bridgehead atoms. The van der Waals surface area contributed by atoms with Crippen molar-refractivity contribution in [1.29, 1.82) is 0 Å². The summed E-state index contributed by atoms with van der Waals surface area (Å²) < 4.78 is 32.9.